The standard InChI is InChI=1S/C32H24N2O6/c35-27(23-13-5-1-6-14-23)21-29(37)39-33-31(25-17-9-3-10-18-25)32(26-19-11-4-12-20-26)34-40-30(38)22-28(36)24-15-7-2-8-16-24/h1-20H,21-22H2/b33-31-,34-32+. The van der Waals surface area contributed by atoms with Gasteiger partial charge >= 0.3 is 11.9 Å². The minimum absolute atomic E-state index is 0.0782. The Morgan fingerprint density at radius 2 is 0.700 bits per heavy atom. The van der Waals surface area contributed by atoms with Gasteiger partial charge in [-0.2, -0.15) is 0 Å². The van der Waals surface area contributed by atoms with Gasteiger partial charge in [0, 0.05) is 22.3 Å². The fraction of sp³-hybridized carbons (Fsp3) is 0.0625. The predicted molar refractivity (Wildman–Crippen MR) is 149 cm³/mol. The Kier molecular flexibility index (Phi) is 9.55. The molecule has 0 fully saturated rings. The smallest absolute Gasteiger partial charge is 0.317 e. The van der Waals surface area contributed by atoms with Crippen molar-refractivity contribution in [1.29, 1.82) is 0 Å². The third kappa shape index (κ3) is 7.75. The molecule has 0 aliphatic carbocycles. The Bertz CT molecular complexity index is 1410. The van der Waals surface area contributed by atoms with Gasteiger partial charge in [0.1, 0.15) is 24.3 Å². The van der Waals surface area contributed by atoms with Crippen LogP contribution < -0.4 is 0 Å². The first-order chi connectivity index (χ1) is 19.5. The molecule has 0 aliphatic rings. The fourth-order valence-electron chi connectivity index (χ4n) is 3.63. The lowest BCUT2D eigenvalue weighted by molar-refractivity contribution is -0.143. The van der Waals surface area contributed by atoms with Crippen LogP contribution >= 0.6 is 0 Å². The van der Waals surface area contributed by atoms with E-state index in [0.717, 1.165) is 0 Å². The Morgan fingerprint density at radius 1 is 0.425 bits per heavy atom. The largest absolute Gasteiger partial charge is 0.342 e. The van der Waals surface area contributed by atoms with E-state index < -0.39 is 36.3 Å². The molecule has 0 aromatic heterocycles. The van der Waals surface area contributed by atoms with E-state index in [1.807, 2.05) is 0 Å². The summed E-state index contributed by atoms with van der Waals surface area (Å²) in [6, 6.07) is 34.1. The van der Waals surface area contributed by atoms with E-state index in [4.69, 9.17) is 9.68 Å². The normalized spacial score (nSPS) is 11.4. The molecular weight excluding hydrogens is 508 g/mol. The molecule has 0 saturated heterocycles. The summed E-state index contributed by atoms with van der Waals surface area (Å²) >= 11 is 0. The van der Waals surface area contributed by atoms with E-state index in [2.05, 4.69) is 10.3 Å². The predicted octanol–water partition coefficient (Wildman–Crippen LogP) is 5.43. The molecule has 0 heterocycles. The van der Waals surface area contributed by atoms with Crippen LogP contribution in [0.2, 0.25) is 0 Å². The molecule has 40 heavy (non-hydrogen) atoms. The van der Waals surface area contributed by atoms with Gasteiger partial charge in [-0.05, 0) is 0 Å². The van der Waals surface area contributed by atoms with Crippen LogP contribution in [0.25, 0.3) is 0 Å². The lowest BCUT2D eigenvalue weighted by atomic mass is 10.00. The van der Waals surface area contributed by atoms with Gasteiger partial charge in [-0.25, -0.2) is 9.59 Å². The molecule has 4 aromatic carbocycles. The summed E-state index contributed by atoms with van der Waals surface area (Å²) < 4.78 is 0. The summed E-state index contributed by atoms with van der Waals surface area (Å²) in [5.74, 6) is -2.59. The van der Waals surface area contributed by atoms with Gasteiger partial charge in [0.05, 0.1) is 0 Å². The molecule has 0 radical (unpaired) electrons. The quantitative estimate of drug-likeness (QED) is 0.0838. The van der Waals surface area contributed by atoms with Gasteiger partial charge in [0.25, 0.3) is 0 Å². The molecular formula is C32H24N2O6. The van der Waals surface area contributed by atoms with E-state index in [1.165, 1.54) is 0 Å². The Hall–Kier alpha value is -5.50. The van der Waals surface area contributed by atoms with Crippen molar-refractivity contribution in [3.63, 3.8) is 0 Å². The van der Waals surface area contributed by atoms with Crippen molar-refractivity contribution in [1.82, 2.24) is 0 Å². The maximum Gasteiger partial charge on any atom is 0.342 e. The number of nitrogens with zero attached hydrogens (tertiary/aromatic N) is 2. The highest BCUT2D eigenvalue weighted by Gasteiger charge is 2.20. The van der Waals surface area contributed by atoms with Gasteiger partial charge in [0.15, 0.2) is 11.6 Å². The number of oxime groups is 2. The maximum atomic E-state index is 12.5. The molecule has 4 rings (SSSR count). The summed E-state index contributed by atoms with van der Waals surface area (Å²) in [4.78, 5) is 60.2. The molecule has 8 heteroatoms. The molecule has 0 atom stereocenters. The molecule has 0 bridgehead atoms. The van der Waals surface area contributed by atoms with E-state index in [-0.39, 0.29) is 11.4 Å². The molecule has 0 unspecified atom stereocenters. The van der Waals surface area contributed by atoms with Crippen LogP contribution in [-0.2, 0) is 19.3 Å². The molecule has 198 valence electrons. The second kappa shape index (κ2) is 13.9. The number of rotatable bonds is 11. The van der Waals surface area contributed by atoms with Crippen molar-refractivity contribution in [2.24, 2.45) is 10.3 Å². The zero-order chi connectivity index (χ0) is 28.2. The van der Waals surface area contributed by atoms with Crippen LogP contribution in [0, 0.1) is 0 Å². The Labute approximate surface area is 230 Å². The molecule has 0 N–H and O–H groups in total. The molecule has 0 amide bonds. The summed E-state index contributed by atoms with van der Waals surface area (Å²) in [6.45, 7) is 0. The first-order valence-corrected chi connectivity index (χ1v) is 12.3. The van der Waals surface area contributed by atoms with Crippen molar-refractivity contribution >= 4 is 34.9 Å². The van der Waals surface area contributed by atoms with Gasteiger partial charge in [-0.1, -0.05) is 132 Å². The molecule has 0 spiro atoms. The van der Waals surface area contributed by atoms with Gasteiger partial charge in [-0.15, -0.1) is 0 Å². The zero-order valence-corrected chi connectivity index (χ0v) is 21.3. The fourth-order valence-corrected chi connectivity index (χ4v) is 3.63. The van der Waals surface area contributed by atoms with E-state index in [0.29, 0.717) is 22.3 Å². The highest BCUT2D eigenvalue weighted by molar-refractivity contribution is 6.53. The van der Waals surface area contributed by atoms with Crippen molar-refractivity contribution in [2.45, 2.75) is 12.8 Å². The summed E-state index contributed by atoms with van der Waals surface area (Å²) in [5.41, 5.74) is 1.90. The van der Waals surface area contributed by atoms with Crippen LogP contribution in [0.15, 0.2) is 132 Å². The summed E-state index contributed by atoms with van der Waals surface area (Å²) in [5, 5.41) is 8.06. The third-order valence-electron chi connectivity index (χ3n) is 5.60. The Balaban J connectivity index is 1.60. The first-order valence-electron chi connectivity index (χ1n) is 12.3. The van der Waals surface area contributed by atoms with Crippen molar-refractivity contribution in [3.05, 3.63) is 144 Å². The highest BCUT2D eigenvalue weighted by atomic mass is 16.7. The third-order valence-corrected chi connectivity index (χ3v) is 5.60. The minimum Gasteiger partial charge on any atom is -0.317 e. The van der Waals surface area contributed by atoms with Crippen molar-refractivity contribution < 1.29 is 28.9 Å². The van der Waals surface area contributed by atoms with E-state index >= 15 is 0 Å². The van der Waals surface area contributed by atoms with Crippen LogP contribution in [-0.4, -0.2) is 34.9 Å². The number of benzene rings is 4. The van der Waals surface area contributed by atoms with Crippen molar-refractivity contribution in [2.75, 3.05) is 0 Å². The number of hydrogen-bond acceptors (Lipinski definition) is 8. The summed E-state index contributed by atoms with van der Waals surface area (Å²) in [7, 11) is 0. The number of carbonyl (C=O) groups excluding carboxylic acids is 4. The average Bonchev–Trinajstić information content (AvgIpc) is 3.00. The Morgan fingerprint density at radius 3 is 1.00 bits per heavy atom. The van der Waals surface area contributed by atoms with Gasteiger partial charge in [-0.3, -0.25) is 9.59 Å². The lowest BCUT2D eigenvalue weighted by Crippen LogP contribution is -2.21. The number of Topliss-reactive ketones (excluding diaryl/α,β-unsaturated/α-hetero) is 2. The second-order valence-electron chi connectivity index (χ2n) is 8.47. The van der Waals surface area contributed by atoms with E-state index in [1.54, 1.807) is 121 Å². The lowest BCUT2D eigenvalue weighted by Gasteiger charge is -2.10. The highest BCUT2D eigenvalue weighted by Crippen LogP contribution is 2.13. The topological polar surface area (TPSA) is 111 Å². The zero-order valence-electron chi connectivity index (χ0n) is 21.3. The number of hydrogen-bond donors (Lipinski definition) is 0. The van der Waals surface area contributed by atoms with Gasteiger partial charge < -0.3 is 9.68 Å². The van der Waals surface area contributed by atoms with Crippen LogP contribution in [0.4, 0.5) is 0 Å². The molecule has 0 saturated carbocycles. The molecule has 4 aromatic rings. The first kappa shape index (κ1) is 27.5. The summed E-state index contributed by atoms with van der Waals surface area (Å²) in [6.07, 6.45) is -1.05. The van der Waals surface area contributed by atoms with Crippen LogP contribution in [0.1, 0.15) is 44.7 Å². The van der Waals surface area contributed by atoms with E-state index in [9.17, 15) is 19.2 Å². The number of ketones is 2. The van der Waals surface area contributed by atoms with Crippen molar-refractivity contribution in [3.8, 4) is 0 Å². The van der Waals surface area contributed by atoms with Crippen LogP contribution in [0.3, 0.4) is 0 Å². The van der Waals surface area contributed by atoms with Gasteiger partial charge in [0.2, 0.25) is 0 Å². The monoisotopic (exact) mass is 532 g/mol. The number of carbonyl (C=O) groups is 4. The molecule has 8 nitrogen and oxygen atoms in total. The average molecular weight is 533 g/mol. The van der Waals surface area contributed by atoms with Crippen LogP contribution in [0.5, 0.6) is 0 Å². The minimum atomic E-state index is -0.875. The maximum absolute atomic E-state index is 12.5. The molecule has 0 aliphatic heterocycles. The SMILES string of the molecule is O=C(CC(=O)c1ccccc1)O/N=C(\C(=N\OC(=O)CC(=O)c1ccccc1)c1ccccc1)c1ccccc1. The second-order valence-corrected chi connectivity index (χ2v) is 8.47.